The summed E-state index contributed by atoms with van der Waals surface area (Å²) in [5, 5.41) is 8.35. The smallest absolute Gasteiger partial charge is 0.277 e. The van der Waals surface area contributed by atoms with E-state index in [0.29, 0.717) is 4.47 Å². The third kappa shape index (κ3) is 1.94. The first kappa shape index (κ1) is 9.44. The molecule has 1 amide bonds. The van der Waals surface area contributed by atoms with Crippen LogP contribution in [0.15, 0.2) is 16.7 Å². The van der Waals surface area contributed by atoms with Gasteiger partial charge in [0, 0.05) is 10.7 Å². The molecule has 64 valence electrons. The lowest BCUT2D eigenvalue weighted by atomic mass is 10.3. The number of pyridine rings is 1. The summed E-state index contributed by atoms with van der Waals surface area (Å²) in [6.07, 6.45) is 1.45. The van der Waals surface area contributed by atoms with E-state index < -0.39 is 5.91 Å². The average molecular weight is 251 g/mol. The van der Waals surface area contributed by atoms with E-state index >= 15 is 0 Å². The fourth-order valence-electron chi connectivity index (χ4n) is 0.642. The Kier molecular flexibility index (Phi) is 3.02. The predicted octanol–water partition coefficient (Wildman–Crippen LogP) is 1.62. The van der Waals surface area contributed by atoms with Crippen LogP contribution < -0.4 is 5.48 Å². The standard InChI is InChI=1S/C6H4BrClN2O2/c7-3-1-4(6(11)10-12)5(8)9-2-3/h1-2,12H,(H,10,11). The number of rotatable bonds is 1. The average Bonchev–Trinajstić information content (AvgIpc) is 2.08. The fourth-order valence-corrected chi connectivity index (χ4v) is 1.16. The van der Waals surface area contributed by atoms with Gasteiger partial charge in [0.15, 0.2) is 0 Å². The first-order valence-electron chi connectivity index (χ1n) is 2.90. The molecule has 2 N–H and O–H groups in total. The molecule has 0 spiro atoms. The van der Waals surface area contributed by atoms with Gasteiger partial charge in [0.05, 0.1) is 5.56 Å². The molecule has 0 saturated carbocycles. The van der Waals surface area contributed by atoms with Crippen molar-refractivity contribution in [3.63, 3.8) is 0 Å². The molecule has 0 aliphatic heterocycles. The minimum Gasteiger partial charge on any atom is -0.288 e. The van der Waals surface area contributed by atoms with Crippen molar-refractivity contribution in [3.8, 4) is 0 Å². The van der Waals surface area contributed by atoms with Crippen molar-refractivity contribution in [2.24, 2.45) is 0 Å². The lowest BCUT2D eigenvalue weighted by molar-refractivity contribution is 0.0706. The minimum atomic E-state index is -0.686. The molecule has 6 heteroatoms. The molecule has 0 aliphatic carbocycles. The lowest BCUT2D eigenvalue weighted by Crippen LogP contribution is -2.19. The van der Waals surface area contributed by atoms with E-state index in [1.54, 1.807) is 0 Å². The Morgan fingerprint density at radius 2 is 2.42 bits per heavy atom. The number of halogens is 2. The van der Waals surface area contributed by atoms with Crippen LogP contribution in [0.25, 0.3) is 0 Å². The van der Waals surface area contributed by atoms with Gasteiger partial charge in [-0.05, 0) is 22.0 Å². The van der Waals surface area contributed by atoms with Gasteiger partial charge in [0.1, 0.15) is 5.15 Å². The van der Waals surface area contributed by atoms with Gasteiger partial charge >= 0.3 is 0 Å². The molecule has 12 heavy (non-hydrogen) atoms. The fraction of sp³-hybridized carbons (Fsp3) is 0. The maximum atomic E-state index is 10.9. The first-order chi connectivity index (χ1) is 5.65. The Labute approximate surface area is 81.6 Å². The van der Waals surface area contributed by atoms with Gasteiger partial charge in [-0.3, -0.25) is 10.0 Å². The van der Waals surface area contributed by atoms with E-state index in [4.69, 9.17) is 16.8 Å². The Bertz CT molecular complexity index is 318. The highest BCUT2D eigenvalue weighted by Crippen LogP contribution is 2.17. The van der Waals surface area contributed by atoms with Gasteiger partial charge in [-0.15, -0.1) is 0 Å². The molecule has 1 aromatic heterocycles. The van der Waals surface area contributed by atoms with Crippen molar-refractivity contribution in [2.75, 3.05) is 0 Å². The summed E-state index contributed by atoms with van der Waals surface area (Å²) in [5.41, 5.74) is 1.58. The lowest BCUT2D eigenvalue weighted by Gasteiger charge is -2.00. The SMILES string of the molecule is O=C(NO)c1cc(Br)cnc1Cl. The molecule has 1 aromatic rings. The van der Waals surface area contributed by atoms with Crippen LogP contribution in [0.2, 0.25) is 5.15 Å². The van der Waals surface area contributed by atoms with Crippen LogP contribution in [0.3, 0.4) is 0 Å². The van der Waals surface area contributed by atoms with Crippen molar-refractivity contribution in [1.29, 1.82) is 0 Å². The molecule has 1 rings (SSSR count). The van der Waals surface area contributed by atoms with E-state index in [1.165, 1.54) is 17.7 Å². The zero-order chi connectivity index (χ0) is 9.14. The Hall–Kier alpha value is -0.650. The number of nitrogens with zero attached hydrogens (tertiary/aromatic N) is 1. The van der Waals surface area contributed by atoms with Gasteiger partial charge in [-0.2, -0.15) is 0 Å². The highest BCUT2D eigenvalue weighted by Gasteiger charge is 2.10. The number of hydrogen-bond donors (Lipinski definition) is 2. The van der Waals surface area contributed by atoms with Gasteiger partial charge in [-0.25, -0.2) is 10.5 Å². The van der Waals surface area contributed by atoms with Crippen LogP contribution in [-0.4, -0.2) is 16.1 Å². The van der Waals surface area contributed by atoms with Crippen LogP contribution in [0.5, 0.6) is 0 Å². The number of carbonyl (C=O) groups is 1. The van der Waals surface area contributed by atoms with Crippen LogP contribution in [0.4, 0.5) is 0 Å². The number of hydrogen-bond acceptors (Lipinski definition) is 3. The van der Waals surface area contributed by atoms with Crippen molar-refractivity contribution in [1.82, 2.24) is 10.5 Å². The third-order valence-corrected chi connectivity index (χ3v) is 1.89. The molecular weight excluding hydrogens is 247 g/mol. The Morgan fingerprint density at radius 3 is 3.00 bits per heavy atom. The normalized spacial score (nSPS) is 9.58. The molecule has 0 fully saturated rings. The summed E-state index contributed by atoms with van der Waals surface area (Å²) in [5.74, 6) is -0.686. The first-order valence-corrected chi connectivity index (χ1v) is 4.07. The molecule has 0 saturated heterocycles. The highest BCUT2D eigenvalue weighted by molar-refractivity contribution is 9.10. The number of nitrogens with one attached hydrogen (secondary N) is 1. The zero-order valence-corrected chi connectivity index (χ0v) is 8.06. The highest BCUT2D eigenvalue weighted by atomic mass is 79.9. The maximum absolute atomic E-state index is 10.9. The monoisotopic (exact) mass is 250 g/mol. The number of hydroxylamine groups is 1. The summed E-state index contributed by atoms with van der Waals surface area (Å²) in [6, 6.07) is 1.46. The Balaban J connectivity index is 3.13. The molecule has 0 aliphatic rings. The summed E-state index contributed by atoms with van der Waals surface area (Å²) in [7, 11) is 0. The second-order valence-corrected chi connectivity index (χ2v) is 3.21. The van der Waals surface area contributed by atoms with Crippen LogP contribution in [0, 0.1) is 0 Å². The molecule has 0 radical (unpaired) electrons. The van der Waals surface area contributed by atoms with Gasteiger partial charge in [0.2, 0.25) is 0 Å². The van der Waals surface area contributed by atoms with E-state index in [2.05, 4.69) is 20.9 Å². The second kappa shape index (κ2) is 3.84. The summed E-state index contributed by atoms with van der Waals surface area (Å²) in [4.78, 5) is 14.6. The van der Waals surface area contributed by atoms with E-state index in [9.17, 15) is 4.79 Å². The van der Waals surface area contributed by atoms with Gasteiger partial charge in [0.25, 0.3) is 5.91 Å². The summed E-state index contributed by atoms with van der Waals surface area (Å²) >= 11 is 8.68. The van der Waals surface area contributed by atoms with Gasteiger partial charge in [-0.1, -0.05) is 11.6 Å². The van der Waals surface area contributed by atoms with E-state index in [1.807, 2.05) is 0 Å². The number of aromatic nitrogens is 1. The Morgan fingerprint density at radius 1 is 1.75 bits per heavy atom. The van der Waals surface area contributed by atoms with Crippen molar-refractivity contribution in [2.45, 2.75) is 0 Å². The molecule has 0 unspecified atom stereocenters. The molecule has 4 nitrogen and oxygen atoms in total. The molecule has 0 aromatic carbocycles. The third-order valence-electron chi connectivity index (χ3n) is 1.15. The van der Waals surface area contributed by atoms with Gasteiger partial charge < -0.3 is 0 Å². The quantitative estimate of drug-likeness (QED) is 0.453. The zero-order valence-electron chi connectivity index (χ0n) is 5.71. The van der Waals surface area contributed by atoms with Crippen molar-refractivity contribution < 1.29 is 10.0 Å². The minimum absolute atomic E-state index is 0.0461. The second-order valence-electron chi connectivity index (χ2n) is 1.93. The number of carbonyl (C=O) groups excluding carboxylic acids is 1. The van der Waals surface area contributed by atoms with E-state index in [-0.39, 0.29) is 10.7 Å². The van der Waals surface area contributed by atoms with Crippen LogP contribution in [0.1, 0.15) is 10.4 Å². The molecule has 0 bridgehead atoms. The van der Waals surface area contributed by atoms with E-state index in [0.717, 1.165) is 0 Å². The summed E-state index contributed by atoms with van der Waals surface area (Å²) < 4.78 is 0.616. The maximum Gasteiger partial charge on any atom is 0.277 e. The predicted molar refractivity (Wildman–Crippen MR) is 46.2 cm³/mol. The van der Waals surface area contributed by atoms with Crippen molar-refractivity contribution >= 4 is 33.4 Å². The van der Waals surface area contributed by atoms with Crippen LogP contribution >= 0.6 is 27.5 Å². The topological polar surface area (TPSA) is 62.2 Å². The number of amides is 1. The molecule has 1 heterocycles. The molecular formula is C6H4BrClN2O2. The summed E-state index contributed by atoms with van der Waals surface area (Å²) in [6.45, 7) is 0. The largest absolute Gasteiger partial charge is 0.288 e. The molecule has 0 atom stereocenters. The van der Waals surface area contributed by atoms with Crippen molar-refractivity contribution in [3.05, 3.63) is 27.5 Å². The van der Waals surface area contributed by atoms with Crippen LogP contribution in [-0.2, 0) is 0 Å².